The lowest BCUT2D eigenvalue weighted by molar-refractivity contribution is -0.142. The SMILES string of the molecule is CCOC(=O)C1N=C1CC/C=C/c1ccccc1. The normalized spacial score (nSPS) is 17.6. The number of carbonyl (C=O) groups excluding carboxylic acids is 1. The van der Waals surface area contributed by atoms with E-state index < -0.39 is 0 Å². The lowest BCUT2D eigenvalue weighted by atomic mass is 10.1. The predicted molar refractivity (Wildman–Crippen MR) is 72.6 cm³/mol. The van der Waals surface area contributed by atoms with E-state index in [0.717, 1.165) is 18.6 Å². The topological polar surface area (TPSA) is 38.7 Å². The minimum absolute atomic E-state index is 0.209. The smallest absolute Gasteiger partial charge is 0.336 e. The van der Waals surface area contributed by atoms with Crippen LogP contribution in [0.25, 0.3) is 6.08 Å². The molecule has 1 aromatic rings. The van der Waals surface area contributed by atoms with Gasteiger partial charge in [0, 0.05) is 0 Å². The molecular formula is C15H17NO2. The van der Waals surface area contributed by atoms with Crippen molar-refractivity contribution in [2.45, 2.75) is 25.8 Å². The Labute approximate surface area is 107 Å². The monoisotopic (exact) mass is 243 g/mol. The van der Waals surface area contributed by atoms with Crippen LogP contribution in [0, 0.1) is 0 Å². The van der Waals surface area contributed by atoms with Crippen LogP contribution in [0.4, 0.5) is 0 Å². The number of aliphatic imine (C=N–C) groups is 1. The van der Waals surface area contributed by atoms with Gasteiger partial charge in [0.2, 0.25) is 0 Å². The van der Waals surface area contributed by atoms with Crippen LogP contribution in [0.3, 0.4) is 0 Å². The van der Waals surface area contributed by atoms with E-state index in [2.05, 4.69) is 29.3 Å². The van der Waals surface area contributed by atoms with Gasteiger partial charge >= 0.3 is 5.97 Å². The zero-order chi connectivity index (χ0) is 12.8. The fourth-order valence-corrected chi connectivity index (χ4v) is 1.75. The maximum Gasteiger partial charge on any atom is 0.336 e. The highest BCUT2D eigenvalue weighted by Crippen LogP contribution is 2.18. The average molecular weight is 243 g/mol. The molecule has 3 nitrogen and oxygen atoms in total. The third kappa shape index (κ3) is 3.55. The van der Waals surface area contributed by atoms with E-state index in [0.29, 0.717) is 6.61 Å². The van der Waals surface area contributed by atoms with Crippen molar-refractivity contribution in [3.63, 3.8) is 0 Å². The third-order valence-corrected chi connectivity index (χ3v) is 2.73. The molecule has 3 heteroatoms. The van der Waals surface area contributed by atoms with Crippen LogP contribution in [-0.4, -0.2) is 24.3 Å². The van der Waals surface area contributed by atoms with Crippen molar-refractivity contribution in [1.82, 2.24) is 0 Å². The van der Waals surface area contributed by atoms with Gasteiger partial charge < -0.3 is 4.74 Å². The largest absolute Gasteiger partial charge is 0.464 e. The first-order chi connectivity index (χ1) is 8.81. The number of allylic oxidation sites excluding steroid dienone is 1. The molecule has 1 atom stereocenters. The zero-order valence-corrected chi connectivity index (χ0v) is 10.5. The van der Waals surface area contributed by atoms with Crippen LogP contribution < -0.4 is 0 Å². The molecule has 2 rings (SSSR count). The summed E-state index contributed by atoms with van der Waals surface area (Å²) in [5.74, 6) is -0.209. The Morgan fingerprint density at radius 1 is 1.39 bits per heavy atom. The minimum atomic E-state index is -0.282. The van der Waals surface area contributed by atoms with Gasteiger partial charge in [0.1, 0.15) is 0 Å². The van der Waals surface area contributed by atoms with E-state index in [1.165, 1.54) is 5.56 Å². The second-order valence-electron chi connectivity index (χ2n) is 4.13. The molecule has 0 amide bonds. The molecule has 0 saturated heterocycles. The van der Waals surface area contributed by atoms with E-state index >= 15 is 0 Å². The van der Waals surface area contributed by atoms with Gasteiger partial charge in [0.05, 0.1) is 12.3 Å². The van der Waals surface area contributed by atoms with E-state index in [1.54, 1.807) is 0 Å². The Bertz CT molecular complexity index is 463. The number of hydrogen-bond acceptors (Lipinski definition) is 3. The molecular weight excluding hydrogens is 226 g/mol. The van der Waals surface area contributed by atoms with Crippen LogP contribution in [-0.2, 0) is 9.53 Å². The standard InChI is InChI=1S/C15H17NO2/c1-2-18-15(17)14-13(16-14)11-7-6-10-12-8-4-3-5-9-12/h3-6,8-10,14H,2,7,11H2,1H3/b10-6+. The van der Waals surface area contributed by atoms with Gasteiger partial charge in [0.25, 0.3) is 0 Å². The third-order valence-electron chi connectivity index (χ3n) is 2.73. The second kappa shape index (κ2) is 6.15. The van der Waals surface area contributed by atoms with Gasteiger partial charge in [-0.05, 0) is 25.3 Å². The zero-order valence-electron chi connectivity index (χ0n) is 10.5. The van der Waals surface area contributed by atoms with Gasteiger partial charge in [-0.2, -0.15) is 0 Å². The molecule has 0 bridgehead atoms. The Kier molecular flexibility index (Phi) is 4.29. The summed E-state index contributed by atoms with van der Waals surface area (Å²) >= 11 is 0. The van der Waals surface area contributed by atoms with Gasteiger partial charge in [-0.1, -0.05) is 42.5 Å². The summed E-state index contributed by atoms with van der Waals surface area (Å²) in [6.07, 6.45) is 5.94. The maximum atomic E-state index is 11.3. The van der Waals surface area contributed by atoms with Gasteiger partial charge in [-0.15, -0.1) is 0 Å². The fraction of sp³-hybridized carbons (Fsp3) is 0.333. The molecule has 1 aliphatic heterocycles. The molecule has 1 aliphatic rings. The highest BCUT2D eigenvalue weighted by molar-refractivity contribution is 6.16. The van der Waals surface area contributed by atoms with Crippen molar-refractivity contribution in [1.29, 1.82) is 0 Å². The Balaban J connectivity index is 1.67. The van der Waals surface area contributed by atoms with Crippen LogP contribution in [0.15, 0.2) is 41.4 Å². The van der Waals surface area contributed by atoms with Crippen LogP contribution in [0.2, 0.25) is 0 Å². The number of nitrogens with zero attached hydrogens (tertiary/aromatic N) is 1. The van der Waals surface area contributed by atoms with Gasteiger partial charge in [-0.3, -0.25) is 4.99 Å². The first-order valence-corrected chi connectivity index (χ1v) is 6.26. The molecule has 0 aromatic heterocycles. The molecule has 18 heavy (non-hydrogen) atoms. The quantitative estimate of drug-likeness (QED) is 0.721. The first-order valence-electron chi connectivity index (χ1n) is 6.26. The molecule has 1 unspecified atom stereocenters. The minimum Gasteiger partial charge on any atom is -0.464 e. The van der Waals surface area contributed by atoms with Crippen molar-refractivity contribution in [2.24, 2.45) is 4.99 Å². The van der Waals surface area contributed by atoms with Crippen LogP contribution in [0.5, 0.6) is 0 Å². The lowest BCUT2D eigenvalue weighted by Gasteiger charge is -1.97. The van der Waals surface area contributed by atoms with E-state index in [4.69, 9.17) is 4.74 Å². The van der Waals surface area contributed by atoms with Gasteiger partial charge in [-0.25, -0.2) is 4.79 Å². The molecule has 0 N–H and O–H groups in total. The number of esters is 1. The van der Waals surface area contributed by atoms with Crippen LogP contribution >= 0.6 is 0 Å². The van der Waals surface area contributed by atoms with Crippen molar-refractivity contribution < 1.29 is 9.53 Å². The van der Waals surface area contributed by atoms with E-state index in [1.807, 2.05) is 25.1 Å². The molecule has 1 heterocycles. The lowest BCUT2D eigenvalue weighted by Crippen LogP contribution is -2.15. The maximum absolute atomic E-state index is 11.3. The number of rotatable bonds is 6. The summed E-state index contributed by atoms with van der Waals surface area (Å²) in [5, 5.41) is 0. The van der Waals surface area contributed by atoms with Gasteiger partial charge in [0.15, 0.2) is 6.04 Å². The van der Waals surface area contributed by atoms with Crippen molar-refractivity contribution in [2.75, 3.05) is 6.61 Å². The molecule has 0 fully saturated rings. The molecule has 0 saturated carbocycles. The Hall–Kier alpha value is -1.90. The number of carbonyl (C=O) groups is 1. The predicted octanol–water partition coefficient (Wildman–Crippen LogP) is 2.87. The van der Waals surface area contributed by atoms with E-state index in [-0.39, 0.29) is 12.0 Å². The fourth-order valence-electron chi connectivity index (χ4n) is 1.75. The summed E-state index contributed by atoms with van der Waals surface area (Å²) in [6.45, 7) is 2.23. The summed E-state index contributed by atoms with van der Waals surface area (Å²) in [7, 11) is 0. The Morgan fingerprint density at radius 2 is 2.17 bits per heavy atom. The highest BCUT2D eigenvalue weighted by Gasteiger charge is 2.34. The molecule has 0 radical (unpaired) electrons. The molecule has 0 spiro atoms. The summed E-state index contributed by atoms with van der Waals surface area (Å²) in [5.41, 5.74) is 2.16. The highest BCUT2D eigenvalue weighted by atomic mass is 16.5. The van der Waals surface area contributed by atoms with E-state index in [9.17, 15) is 4.79 Å². The van der Waals surface area contributed by atoms with Crippen molar-refractivity contribution in [3.05, 3.63) is 42.0 Å². The molecule has 0 aliphatic carbocycles. The van der Waals surface area contributed by atoms with Crippen molar-refractivity contribution in [3.8, 4) is 0 Å². The number of benzene rings is 1. The summed E-state index contributed by atoms with van der Waals surface area (Å²) in [6, 6.07) is 9.87. The average Bonchev–Trinajstić information content (AvgIpc) is 3.16. The number of hydrogen-bond donors (Lipinski definition) is 0. The Morgan fingerprint density at radius 3 is 2.89 bits per heavy atom. The second-order valence-corrected chi connectivity index (χ2v) is 4.13. The summed E-state index contributed by atoms with van der Waals surface area (Å²) < 4.78 is 4.90. The van der Waals surface area contributed by atoms with Crippen molar-refractivity contribution >= 4 is 17.8 Å². The summed E-state index contributed by atoms with van der Waals surface area (Å²) in [4.78, 5) is 15.4. The number of ether oxygens (including phenoxy) is 1. The van der Waals surface area contributed by atoms with Crippen LogP contribution in [0.1, 0.15) is 25.3 Å². The first kappa shape index (κ1) is 12.6. The molecule has 94 valence electrons. The molecule has 1 aromatic carbocycles.